The monoisotopic (exact) mass is 324 g/mol. The quantitative estimate of drug-likeness (QED) is 0.804. The molecule has 1 fully saturated rings. The molecule has 2 rings (SSSR count). The number of hydrogen-bond acceptors (Lipinski definition) is 5. The van der Waals surface area contributed by atoms with Gasteiger partial charge in [0, 0.05) is 46.9 Å². The summed E-state index contributed by atoms with van der Waals surface area (Å²) in [5, 5.41) is 12.0. The van der Waals surface area contributed by atoms with Crippen LogP contribution in [0.5, 0.6) is 0 Å². The first-order chi connectivity index (χ1) is 10.2. The van der Waals surface area contributed by atoms with Gasteiger partial charge in [-0.1, -0.05) is 6.07 Å². The lowest BCUT2D eigenvalue weighted by Gasteiger charge is -2.21. The third-order valence-electron chi connectivity index (χ3n) is 2.83. The van der Waals surface area contributed by atoms with Crippen molar-refractivity contribution < 1.29 is 14.7 Å². The molecule has 1 unspecified atom stereocenters. The molecule has 112 valence electrons. The van der Waals surface area contributed by atoms with E-state index >= 15 is 0 Å². The molecule has 5 nitrogen and oxygen atoms in total. The number of aromatic nitrogens is 1. The lowest BCUT2D eigenvalue weighted by atomic mass is 10.1. The first-order valence-electron chi connectivity index (χ1n) is 6.50. The van der Waals surface area contributed by atoms with Crippen LogP contribution in [0.1, 0.15) is 16.1 Å². The summed E-state index contributed by atoms with van der Waals surface area (Å²) < 4.78 is 0. The lowest BCUT2D eigenvalue weighted by molar-refractivity contribution is -0.131. The number of rotatable bonds is 5. The van der Waals surface area contributed by atoms with Crippen LogP contribution in [0.4, 0.5) is 0 Å². The van der Waals surface area contributed by atoms with Gasteiger partial charge in [0.25, 0.3) is 5.91 Å². The molecule has 1 aliphatic heterocycles. The maximum atomic E-state index is 12.2. The molecule has 0 saturated carbocycles. The zero-order valence-electron chi connectivity index (χ0n) is 11.3. The Labute approximate surface area is 131 Å². The van der Waals surface area contributed by atoms with Gasteiger partial charge in [0.05, 0.1) is 0 Å². The maximum absolute atomic E-state index is 12.2. The Morgan fingerprint density at radius 2 is 2.33 bits per heavy atom. The molecule has 1 aromatic heterocycles. The van der Waals surface area contributed by atoms with Gasteiger partial charge in [0.1, 0.15) is 5.69 Å². The van der Waals surface area contributed by atoms with Crippen molar-refractivity contribution in [2.24, 2.45) is 0 Å². The number of amides is 1. The van der Waals surface area contributed by atoms with Crippen LogP contribution in [0, 0.1) is 0 Å². The second kappa shape index (κ2) is 8.09. The number of nitrogens with zero attached hydrogens (tertiary/aromatic N) is 1. The van der Waals surface area contributed by atoms with Crippen molar-refractivity contribution in [3.8, 4) is 0 Å². The number of aliphatic carboxylic acids is 1. The minimum absolute atomic E-state index is 0.253. The highest BCUT2D eigenvalue weighted by molar-refractivity contribution is 8.06. The lowest BCUT2D eigenvalue weighted by Crippen LogP contribution is -2.34. The summed E-state index contributed by atoms with van der Waals surface area (Å²) in [5.41, 5.74) is 0.756. The number of carboxylic acids is 1. The highest BCUT2D eigenvalue weighted by Gasteiger charge is 2.17. The molecule has 1 aliphatic rings. The average molecular weight is 324 g/mol. The van der Waals surface area contributed by atoms with Crippen LogP contribution in [0.15, 0.2) is 24.4 Å². The fraction of sp³-hybridized carbons (Fsp3) is 0.357. The third kappa shape index (κ3) is 5.09. The molecule has 0 aliphatic carbocycles. The van der Waals surface area contributed by atoms with Crippen molar-refractivity contribution >= 4 is 41.5 Å². The van der Waals surface area contributed by atoms with E-state index in [0.717, 1.165) is 17.6 Å². The zero-order chi connectivity index (χ0) is 15.1. The minimum Gasteiger partial charge on any atom is -0.478 e. The van der Waals surface area contributed by atoms with Crippen LogP contribution < -0.4 is 5.32 Å². The van der Waals surface area contributed by atoms with Crippen LogP contribution >= 0.6 is 23.5 Å². The van der Waals surface area contributed by atoms with Gasteiger partial charge in [-0.25, -0.2) is 4.79 Å². The first-order valence-corrected chi connectivity index (χ1v) is 8.70. The van der Waals surface area contributed by atoms with Crippen molar-refractivity contribution in [1.82, 2.24) is 10.3 Å². The second-order valence-corrected chi connectivity index (χ2v) is 6.95. The van der Waals surface area contributed by atoms with E-state index in [1.54, 1.807) is 12.1 Å². The number of hydrogen-bond donors (Lipinski definition) is 2. The van der Waals surface area contributed by atoms with Gasteiger partial charge in [0.2, 0.25) is 0 Å². The van der Waals surface area contributed by atoms with Gasteiger partial charge in [-0.3, -0.25) is 9.78 Å². The van der Waals surface area contributed by atoms with Crippen LogP contribution in [0.2, 0.25) is 0 Å². The molecule has 21 heavy (non-hydrogen) atoms. The number of thioether (sulfide) groups is 2. The van der Waals surface area contributed by atoms with Crippen molar-refractivity contribution in [3.05, 3.63) is 35.7 Å². The van der Waals surface area contributed by atoms with Crippen molar-refractivity contribution in [2.75, 3.05) is 23.8 Å². The van der Waals surface area contributed by atoms with Crippen molar-refractivity contribution in [3.63, 3.8) is 0 Å². The molecule has 1 saturated heterocycles. The van der Waals surface area contributed by atoms with Crippen LogP contribution in [0.25, 0.3) is 6.08 Å². The Bertz CT molecular complexity index is 543. The fourth-order valence-corrected chi connectivity index (χ4v) is 4.46. The summed E-state index contributed by atoms with van der Waals surface area (Å²) in [4.78, 5) is 26.8. The highest BCUT2D eigenvalue weighted by Crippen LogP contribution is 2.23. The summed E-state index contributed by atoms with van der Waals surface area (Å²) in [6.07, 6.45) is 3.91. The van der Waals surface area contributed by atoms with Crippen molar-refractivity contribution in [2.45, 2.75) is 5.25 Å². The molecular formula is C14H16N2O3S2. The Kier molecular flexibility index (Phi) is 6.13. The standard InChI is InChI=1S/C14H16N2O3S2/c17-12(18)4-3-10-2-1-5-15-13(10)14(19)16-8-11-9-20-6-7-21-11/h1-5,11H,6-9H2,(H,16,19)(H,17,18)/b4-3+. The summed E-state index contributed by atoms with van der Waals surface area (Å²) in [7, 11) is 0. The molecule has 1 atom stereocenters. The fourth-order valence-electron chi connectivity index (χ4n) is 1.85. The normalized spacial score (nSPS) is 18.6. The smallest absolute Gasteiger partial charge is 0.328 e. The molecule has 7 heteroatoms. The van der Waals surface area contributed by atoms with E-state index in [1.165, 1.54) is 18.0 Å². The van der Waals surface area contributed by atoms with E-state index in [0.29, 0.717) is 17.4 Å². The topological polar surface area (TPSA) is 79.3 Å². The second-order valence-electron chi connectivity index (χ2n) is 4.39. The molecule has 0 spiro atoms. The van der Waals surface area contributed by atoms with Gasteiger partial charge in [-0.15, -0.1) is 0 Å². The Morgan fingerprint density at radius 1 is 1.48 bits per heavy atom. The van der Waals surface area contributed by atoms with Crippen LogP contribution in [0.3, 0.4) is 0 Å². The van der Waals surface area contributed by atoms with E-state index in [4.69, 9.17) is 5.11 Å². The number of carbonyl (C=O) groups excluding carboxylic acids is 1. The van der Waals surface area contributed by atoms with Crippen molar-refractivity contribution in [1.29, 1.82) is 0 Å². The highest BCUT2D eigenvalue weighted by atomic mass is 32.2. The predicted molar refractivity (Wildman–Crippen MR) is 86.8 cm³/mol. The van der Waals surface area contributed by atoms with Crippen LogP contribution in [-0.4, -0.2) is 51.0 Å². The number of carboxylic acid groups (broad SMARTS) is 1. The number of nitrogens with one attached hydrogen (secondary N) is 1. The summed E-state index contributed by atoms with van der Waals surface area (Å²) >= 11 is 3.77. The van der Waals surface area contributed by atoms with E-state index in [-0.39, 0.29) is 11.6 Å². The maximum Gasteiger partial charge on any atom is 0.328 e. The molecule has 1 amide bonds. The van der Waals surface area contributed by atoms with Gasteiger partial charge >= 0.3 is 5.97 Å². The Morgan fingerprint density at radius 3 is 3.05 bits per heavy atom. The summed E-state index contributed by atoms with van der Waals surface area (Å²) in [5.74, 6) is 2.00. The molecule has 2 heterocycles. The van der Waals surface area contributed by atoms with Gasteiger partial charge in [-0.2, -0.15) is 23.5 Å². The molecule has 0 bridgehead atoms. The Balaban J connectivity index is 1.99. The molecule has 0 radical (unpaired) electrons. The zero-order valence-corrected chi connectivity index (χ0v) is 13.0. The number of carbonyl (C=O) groups is 2. The van der Waals surface area contributed by atoms with E-state index in [2.05, 4.69) is 10.3 Å². The molecule has 2 N–H and O–H groups in total. The number of pyridine rings is 1. The van der Waals surface area contributed by atoms with Gasteiger partial charge in [0.15, 0.2) is 0 Å². The van der Waals surface area contributed by atoms with Gasteiger partial charge < -0.3 is 10.4 Å². The van der Waals surface area contributed by atoms with Crippen LogP contribution in [-0.2, 0) is 4.79 Å². The molecular weight excluding hydrogens is 308 g/mol. The SMILES string of the molecule is O=C(O)/C=C/c1cccnc1C(=O)NCC1CSCCS1. The molecule has 0 aromatic carbocycles. The Hall–Kier alpha value is -1.47. The van der Waals surface area contributed by atoms with E-state index < -0.39 is 5.97 Å². The summed E-state index contributed by atoms with van der Waals surface area (Å²) in [6, 6.07) is 3.35. The first kappa shape index (κ1) is 15.9. The van der Waals surface area contributed by atoms with E-state index in [9.17, 15) is 9.59 Å². The summed E-state index contributed by atoms with van der Waals surface area (Å²) in [6.45, 7) is 0.606. The predicted octanol–water partition coefficient (Wildman–Crippen LogP) is 1.76. The molecule has 1 aromatic rings. The van der Waals surface area contributed by atoms with Gasteiger partial charge in [-0.05, 0) is 12.1 Å². The third-order valence-corrected chi connectivity index (χ3v) is 5.68. The largest absolute Gasteiger partial charge is 0.478 e. The van der Waals surface area contributed by atoms with E-state index in [1.807, 2.05) is 23.5 Å². The minimum atomic E-state index is -1.05. The average Bonchev–Trinajstić information content (AvgIpc) is 2.52.